The van der Waals surface area contributed by atoms with Crippen LogP contribution in [0.5, 0.6) is 5.75 Å². The van der Waals surface area contributed by atoms with Crippen LogP contribution in [-0.2, 0) is 0 Å². The Balaban J connectivity index is 2.25. The minimum atomic E-state index is -0.465. The first-order valence-corrected chi connectivity index (χ1v) is 8.26. The summed E-state index contributed by atoms with van der Waals surface area (Å²) in [5.74, 6) is 0.816. The normalized spacial score (nSPS) is 13.9. The van der Waals surface area contributed by atoms with Crippen molar-refractivity contribution in [3.63, 3.8) is 0 Å². The monoisotopic (exact) mass is 293 g/mol. The number of aliphatic hydroxyl groups is 1. The van der Waals surface area contributed by atoms with E-state index in [1.807, 2.05) is 31.2 Å². The minimum Gasteiger partial charge on any atom is -0.491 e. The highest BCUT2D eigenvalue weighted by molar-refractivity contribution is 5.26. The van der Waals surface area contributed by atoms with E-state index in [2.05, 4.69) is 19.2 Å². The van der Waals surface area contributed by atoms with Crippen LogP contribution in [0.3, 0.4) is 0 Å². The maximum Gasteiger partial charge on any atom is 0.119 e. The minimum absolute atomic E-state index is 0.336. The van der Waals surface area contributed by atoms with Crippen molar-refractivity contribution in [2.24, 2.45) is 0 Å². The number of rotatable bonds is 11. The van der Waals surface area contributed by atoms with Gasteiger partial charge in [0.15, 0.2) is 0 Å². The van der Waals surface area contributed by atoms with Gasteiger partial charge in [-0.05, 0) is 31.9 Å². The predicted molar refractivity (Wildman–Crippen MR) is 88.9 cm³/mol. The summed E-state index contributed by atoms with van der Waals surface area (Å²) in [7, 11) is 0. The maximum atomic E-state index is 10.0. The van der Waals surface area contributed by atoms with Gasteiger partial charge in [-0.15, -0.1) is 0 Å². The molecule has 0 aliphatic heterocycles. The summed E-state index contributed by atoms with van der Waals surface area (Å²) < 4.78 is 5.61. The van der Waals surface area contributed by atoms with Gasteiger partial charge in [0.2, 0.25) is 0 Å². The lowest BCUT2D eigenvalue weighted by molar-refractivity contribution is 0.103. The molecule has 0 fully saturated rings. The lowest BCUT2D eigenvalue weighted by Gasteiger charge is -2.20. The predicted octanol–water partition coefficient (Wildman–Crippen LogP) is 3.68. The highest BCUT2D eigenvalue weighted by atomic mass is 16.5. The Morgan fingerprint density at radius 1 is 1.10 bits per heavy atom. The Morgan fingerprint density at radius 3 is 2.43 bits per heavy atom. The summed E-state index contributed by atoms with van der Waals surface area (Å²) in [5, 5.41) is 13.5. The highest BCUT2D eigenvalue weighted by Crippen LogP contribution is 2.11. The molecule has 3 nitrogen and oxygen atoms in total. The van der Waals surface area contributed by atoms with E-state index in [0.29, 0.717) is 19.2 Å². The highest BCUT2D eigenvalue weighted by Gasteiger charge is 2.10. The standard InChI is InChI=1S/C18H31NO2/c1-4-6-8-16(7-5-2)19-13-17(20)14-21-18-11-9-15(3)10-12-18/h9-12,16-17,19-20H,4-8,13-14H2,1-3H3. The second-order valence-corrected chi connectivity index (χ2v) is 5.81. The molecule has 2 unspecified atom stereocenters. The zero-order valence-corrected chi connectivity index (χ0v) is 13.8. The third kappa shape index (κ3) is 8.08. The van der Waals surface area contributed by atoms with E-state index in [9.17, 15) is 5.11 Å². The Kier molecular flexibility index (Phi) is 9.11. The molecule has 0 saturated carbocycles. The van der Waals surface area contributed by atoms with Gasteiger partial charge in [-0.2, -0.15) is 0 Å². The smallest absolute Gasteiger partial charge is 0.119 e. The lowest BCUT2D eigenvalue weighted by atomic mass is 10.1. The number of hydrogen-bond acceptors (Lipinski definition) is 3. The molecule has 2 atom stereocenters. The number of unbranched alkanes of at least 4 members (excludes halogenated alkanes) is 1. The van der Waals surface area contributed by atoms with Gasteiger partial charge in [-0.1, -0.05) is 50.8 Å². The van der Waals surface area contributed by atoms with E-state index >= 15 is 0 Å². The Bertz CT molecular complexity index is 364. The van der Waals surface area contributed by atoms with Gasteiger partial charge in [0.1, 0.15) is 18.5 Å². The average Bonchev–Trinajstić information content (AvgIpc) is 2.49. The quantitative estimate of drug-likeness (QED) is 0.654. The van der Waals surface area contributed by atoms with E-state index in [4.69, 9.17) is 4.74 Å². The summed E-state index contributed by atoms with van der Waals surface area (Å²) in [4.78, 5) is 0. The second-order valence-electron chi connectivity index (χ2n) is 5.81. The van der Waals surface area contributed by atoms with Crippen LogP contribution in [0.2, 0.25) is 0 Å². The van der Waals surface area contributed by atoms with Crippen LogP contribution in [0, 0.1) is 6.92 Å². The van der Waals surface area contributed by atoms with Crippen LogP contribution >= 0.6 is 0 Å². The average molecular weight is 293 g/mol. The number of aliphatic hydroxyl groups excluding tert-OH is 1. The molecular weight excluding hydrogens is 262 g/mol. The van der Waals surface area contributed by atoms with Gasteiger partial charge in [-0.25, -0.2) is 0 Å². The number of aryl methyl sites for hydroxylation is 1. The fraction of sp³-hybridized carbons (Fsp3) is 0.667. The molecule has 0 radical (unpaired) electrons. The van der Waals surface area contributed by atoms with Gasteiger partial charge in [0.05, 0.1) is 0 Å². The summed E-state index contributed by atoms with van der Waals surface area (Å²) in [5.41, 5.74) is 1.21. The largest absolute Gasteiger partial charge is 0.491 e. The van der Waals surface area contributed by atoms with Crippen molar-refractivity contribution < 1.29 is 9.84 Å². The van der Waals surface area contributed by atoms with Crippen molar-refractivity contribution in [1.29, 1.82) is 0 Å². The SMILES string of the molecule is CCCCC(CCC)NCC(O)COc1ccc(C)cc1. The van der Waals surface area contributed by atoms with Crippen molar-refractivity contribution in [3.05, 3.63) is 29.8 Å². The molecule has 0 aliphatic carbocycles. The zero-order chi connectivity index (χ0) is 15.5. The molecule has 0 spiro atoms. The van der Waals surface area contributed by atoms with Crippen LogP contribution in [0.1, 0.15) is 51.5 Å². The molecule has 120 valence electrons. The molecule has 0 heterocycles. The Labute approximate surface area is 129 Å². The zero-order valence-electron chi connectivity index (χ0n) is 13.8. The number of nitrogens with one attached hydrogen (secondary N) is 1. The molecule has 0 aliphatic rings. The molecule has 21 heavy (non-hydrogen) atoms. The summed E-state index contributed by atoms with van der Waals surface area (Å²) in [6, 6.07) is 8.43. The summed E-state index contributed by atoms with van der Waals surface area (Å²) in [6.45, 7) is 7.40. The first-order chi connectivity index (χ1) is 10.2. The molecular formula is C18H31NO2. The fourth-order valence-corrected chi connectivity index (χ4v) is 2.34. The lowest BCUT2D eigenvalue weighted by Crippen LogP contribution is -2.38. The van der Waals surface area contributed by atoms with E-state index in [1.165, 1.54) is 37.7 Å². The second kappa shape index (κ2) is 10.6. The third-order valence-electron chi connectivity index (χ3n) is 3.65. The van der Waals surface area contributed by atoms with Crippen molar-refractivity contribution >= 4 is 0 Å². The van der Waals surface area contributed by atoms with E-state index in [1.54, 1.807) is 0 Å². The molecule has 3 heteroatoms. The van der Waals surface area contributed by atoms with Gasteiger partial charge < -0.3 is 15.2 Å². The molecule has 1 aromatic carbocycles. The molecule has 0 saturated heterocycles. The molecule has 0 bridgehead atoms. The van der Waals surface area contributed by atoms with Gasteiger partial charge in [0, 0.05) is 12.6 Å². The van der Waals surface area contributed by atoms with E-state index in [0.717, 1.165) is 5.75 Å². The van der Waals surface area contributed by atoms with Crippen molar-refractivity contribution in [2.75, 3.05) is 13.2 Å². The van der Waals surface area contributed by atoms with Crippen molar-refractivity contribution in [1.82, 2.24) is 5.32 Å². The number of benzene rings is 1. The molecule has 1 rings (SSSR count). The fourth-order valence-electron chi connectivity index (χ4n) is 2.34. The first kappa shape index (κ1) is 18.0. The third-order valence-corrected chi connectivity index (χ3v) is 3.65. The van der Waals surface area contributed by atoms with Crippen molar-refractivity contribution in [3.8, 4) is 5.75 Å². The molecule has 1 aromatic rings. The first-order valence-electron chi connectivity index (χ1n) is 8.26. The number of hydrogen-bond donors (Lipinski definition) is 2. The van der Waals surface area contributed by atoms with Crippen LogP contribution in [-0.4, -0.2) is 30.4 Å². The van der Waals surface area contributed by atoms with Crippen LogP contribution in [0.4, 0.5) is 0 Å². The van der Waals surface area contributed by atoms with Crippen LogP contribution < -0.4 is 10.1 Å². The summed E-state index contributed by atoms with van der Waals surface area (Å²) >= 11 is 0. The molecule has 0 aromatic heterocycles. The Morgan fingerprint density at radius 2 is 1.81 bits per heavy atom. The van der Waals surface area contributed by atoms with E-state index in [-0.39, 0.29) is 0 Å². The van der Waals surface area contributed by atoms with Crippen LogP contribution in [0.25, 0.3) is 0 Å². The summed E-state index contributed by atoms with van der Waals surface area (Å²) in [6.07, 6.45) is 5.54. The molecule has 0 amide bonds. The molecule has 2 N–H and O–H groups in total. The maximum absolute atomic E-state index is 10.0. The topological polar surface area (TPSA) is 41.5 Å². The van der Waals surface area contributed by atoms with Gasteiger partial charge >= 0.3 is 0 Å². The van der Waals surface area contributed by atoms with E-state index < -0.39 is 6.10 Å². The number of ether oxygens (including phenoxy) is 1. The Hall–Kier alpha value is -1.06. The van der Waals surface area contributed by atoms with Crippen LogP contribution in [0.15, 0.2) is 24.3 Å². The van der Waals surface area contributed by atoms with Gasteiger partial charge in [-0.3, -0.25) is 0 Å². The van der Waals surface area contributed by atoms with Crippen molar-refractivity contribution in [2.45, 2.75) is 65.0 Å². The van der Waals surface area contributed by atoms with Gasteiger partial charge in [0.25, 0.3) is 0 Å².